The van der Waals surface area contributed by atoms with Crippen LogP contribution in [-0.2, 0) is 12.8 Å². The number of carbonyl (C=O) groups is 1. The molecule has 1 fully saturated rings. The lowest BCUT2D eigenvalue weighted by atomic mass is 10.1. The second kappa shape index (κ2) is 10.6. The first kappa shape index (κ1) is 22.9. The van der Waals surface area contributed by atoms with Gasteiger partial charge in [0, 0.05) is 47.7 Å². The number of likely N-dealkylation sites (N-methyl/N-ethyl adjacent to an activating group) is 1. The van der Waals surface area contributed by atoms with Crippen LogP contribution in [0.2, 0.25) is 0 Å². The van der Waals surface area contributed by atoms with Gasteiger partial charge in [0.15, 0.2) is 6.29 Å². The van der Waals surface area contributed by atoms with Gasteiger partial charge in [0.2, 0.25) is 0 Å². The normalized spacial score (nSPS) is 15.2. The standard InChI is InChI=1S/C25H30FN5O2/c1-3-17-20(26)5-4-6-21(17)30-25-19(14-32)22(9-10-27-2)31-24(25)18-8-11-28-13-23(18)33-15-16-7-12-29-16/h4-6,8,11,13-14,16,27,29-31H,3,7,9-10,12,15H2,1-2H3. The average Bonchev–Trinajstić information content (AvgIpc) is 3.14. The van der Waals surface area contributed by atoms with Gasteiger partial charge in [-0.25, -0.2) is 4.39 Å². The van der Waals surface area contributed by atoms with E-state index in [9.17, 15) is 9.18 Å². The summed E-state index contributed by atoms with van der Waals surface area (Å²) in [6, 6.07) is 7.13. The third kappa shape index (κ3) is 4.91. The number of halogens is 1. The molecule has 1 unspecified atom stereocenters. The number of ether oxygens (including phenoxy) is 1. The molecule has 0 spiro atoms. The number of hydrogen-bond donors (Lipinski definition) is 4. The Morgan fingerprint density at radius 1 is 1.33 bits per heavy atom. The Hall–Kier alpha value is -3.23. The van der Waals surface area contributed by atoms with Crippen LogP contribution in [0.3, 0.4) is 0 Å². The predicted molar refractivity (Wildman–Crippen MR) is 128 cm³/mol. The van der Waals surface area contributed by atoms with E-state index in [-0.39, 0.29) is 5.82 Å². The third-order valence-corrected chi connectivity index (χ3v) is 6.01. The van der Waals surface area contributed by atoms with E-state index in [1.807, 2.05) is 26.1 Å². The first-order valence-electron chi connectivity index (χ1n) is 11.4. The van der Waals surface area contributed by atoms with Crippen LogP contribution in [0.5, 0.6) is 5.75 Å². The summed E-state index contributed by atoms with van der Waals surface area (Å²) in [6.07, 6.45) is 6.46. The monoisotopic (exact) mass is 451 g/mol. The number of carbonyl (C=O) groups excluding carboxylic acids is 1. The largest absolute Gasteiger partial charge is 0.490 e. The number of H-pyrrole nitrogens is 1. The van der Waals surface area contributed by atoms with Gasteiger partial charge in [-0.05, 0) is 44.6 Å². The smallest absolute Gasteiger partial charge is 0.153 e. The van der Waals surface area contributed by atoms with Crippen LogP contribution in [0.15, 0.2) is 36.7 Å². The fraction of sp³-hybridized carbons (Fsp3) is 0.360. The maximum Gasteiger partial charge on any atom is 0.153 e. The number of rotatable bonds is 11. The number of hydrogen-bond acceptors (Lipinski definition) is 6. The molecule has 1 aromatic carbocycles. The molecule has 0 bridgehead atoms. The number of anilines is 2. The van der Waals surface area contributed by atoms with Crippen LogP contribution < -0.4 is 20.7 Å². The molecule has 33 heavy (non-hydrogen) atoms. The number of nitrogens with one attached hydrogen (secondary N) is 4. The second-order valence-electron chi connectivity index (χ2n) is 8.11. The summed E-state index contributed by atoms with van der Waals surface area (Å²) in [5.41, 5.74) is 4.64. The maximum absolute atomic E-state index is 14.5. The lowest BCUT2D eigenvalue weighted by Gasteiger charge is -2.27. The number of nitrogens with zero attached hydrogens (tertiary/aromatic N) is 1. The van der Waals surface area contributed by atoms with E-state index in [1.54, 1.807) is 18.5 Å². The summed E-state index contributed by atoms with van der Waals surface area (Å²) in [4.78, 5) is 19.9. The van der Waals surface area contributed by atoms with Crippen LogP contribution in [-0.4, -0.2) is 49.0 Å². The maximum atomic E-state index is 14.5. The van der Waals surface area contributed by atoms with Gasteiger partial charge in [0.05, 0.1) is 23.1 Å². The van der Waals surface area contributed by atoms with Crippen LogP contribution in [0.25, 0.3) is 11.3 Å². The van der Waals surface area contributed by atoms with E-state index < -0.39 is 0 Å². The Morgan fingerprint density at radius 3 is 2.88 bits per heavy atom. The van der Waals surface area contributed by atoms with E-state index in [0.717, 1.165) is 30.5 Å². The molecule has 0 saturated carbocycles. The lowest BCUT2D eigenvalue weighted by Crippen LogP contribution is -2.46. The summed E-state index contributed by atoms with van der Waals surface area (Å²) >= 11 is 0. The molecule has 3 heterocycles. The summed E-state index contributed by atoms with van der Waals surface area (Å²) in [5.74, 6) is 0.353. The highest BCUT2D eigenvalue weighted by atomic mass is 19.1. The van der Waals surface area contributed by atoms with Gasteiger partial charge in [-0.1, -0.05) is 13.0 Å². The molecule has 1 aliphatic rings. The van der Waals surface area contributed by atoms with Crippen LogP contribution in [0.1, 0.15) is 35.0 Å². The van der Waals surface area contributed by atoms with Gasteiger partial charge in [-0.2, -0.15) is 0 Å². The van der Waals surface area contributed by atoms with Gasteiger partial charge < -0.3 is 25.7 Å². The second-order valence-corrected chi connectivity index (χ2v) is 8.11. The highest BCUT2D eigenvalue weighted by Crippen LogP contribution is 2.39. The third-order valence-electron chi connectivity index (χ3n) is 6.01. The fourth-order valence-corrected chi connectivity index (χ4v) is 4.03. The highest BCUT2D eigenvalue weighted by Gasteiger charge is 2.23. The topological polar surface area (TPSA) is 91.1 Å². The first-order chi connectivity index (χ1) is 16.2. The van der Waals surface area contributed by atoms with Crippen molar-refractivity contribution < 1.29 is 13.9 Å². The molecule has 1 atom stereocenters. The molecule has 0 radical (unpaired) electrons. The Labute approximate surface area is 193 Å². The van der Waals surface area contributed by atoms with Gasteiger partial charge in [-0.3, -0.25) is 9.78 Å². The van der Waals surface area contributed by atoms with E-state index in [4.69, 9.17) is 4.74 Å². The minimum atomic E-state index is -0.274. The number of aldehydes is 1. The van der Waals surface area contributed by atoms with Crippen LogP contribution >= 0.6 is 0 Å². The summed E-state index contributed by atoms with van der Waals surface area (Å²) in [7, 11) is 1.87. The van der Waals surface area contributed by atoms with Crippen molar-refractivity contribution in [3.63, 3.8) is 0 Å². The SMILES string of the molecule is CCc1c(F)cccc1Nc1c(-c2ccncc2OCC2CCN2)[nH]c(CCNC)c1C=O. The fourth-order valence-electron chi connectivity index (χ4n) is 4.03. The van der Waals surface area contributed by atoms with Crippen molar-refractivity contribution >= 4 is 17.7 Å². The minimum absolute atomic E-state index is 0.274. The molecule has 4 rings (SSSR count). The number of aromatic amines is 1. The van der Waals surface area contributed by atoms with Crippen LogP contribution in [0, 0.1) is 5.82 Å². The van der Waals surface area contributed by atoms with E-state index >= 15 is 0 Å². The molecule has 2 aromatic heterocycles. The quantitative estimate of drug-likeness (QED) is 0.331. The molecule has 7 nitrogen and oxygen atoms in total. The lowest BCUT2D eigenvalue weighted by molar-refractivity contribution is 0.112. The Morgan fingerprint density at radius 2 is 2.18 bits per heavy atom. The van der Waals surface area contributed by atoms with Gasteiger partial charge >= 0.3 is 0 Å². The average molecular weight is 452 g/mol. The minimum Gasteiger partial charge on any atom is -0.490 e. The molecular formula is C25H30FN5O2. The molecule has 4 N–H and O–H groups in total. The van der Waals surface area contributed by atoms with E-state index in [1.165, 1.54) is 6.07 Å². The molecular weight excluding hydrogens is 421 g/mol. The first-order valence-corrected chi connectivity index (χ1v) is 11.4. The zero-order chi connectivity index (χ0) is 23.2. The van der Waals surface area contributed by atoms with Gasteiger partial charge in [0.25, 0.3) is 0 Å². The van der Waals surface area contributed by atoms with Crippen molar-refractivity contribution in [3.8, 4) is 17.0 Å². The Kier molecular flexibility index (Phi) is 7.36. The van der Waals surface area contributed by atoms with Crippen molar-refractivity contribution in [1.82, 2.24) is 20.6 Å². The summed E-state index contributed by atoms with van der Waals surface area (Å²) in [6.45, 7) is 4.15. The van der Waals surface area contributed by atoms with Crippen molar-refractivity contribution in [3.05, 3.63) is 59.3 Å². The van der Waals surface area contributed by atoms with Crippen molar-refractivity contribution in [1.29, 1.82) is 0 Å². The predicted octanol–water partition coefficient (Wildman–Crippen LogP) is 3.84. The van der Waals surface area contributed by atoms with Gasteiger partial charge in [0.1, 0.15) is 18.2 Å². The number of aromatic nitrogens is 2. The number of pyridine rings is 1. The molecule has 1 saturated heterocycles. The zero-order valence-electron chi connectivity index (χ0n) is 19.0. The highest BCUT2D eigenvalue weighted by molar-refractivity contribution is 5.96. The molecule has 3 aromatic rings. The molecule has 0 amide bonds. The van der Waals surface area contributed by atoms with E-state index in [0.29, 0.717) is 66.0 Å². The molecule has 8 heteroatoms. The van der Waals surface area contributed by atoms with Crippen molar-refractivity contribution in [2.75, 3.05) is 32.1 Å². The van der Waals surface area contributed by atoms with Crippen LogP contribution in [0.4, 0.5) is 15.8 Å². The molecule has 0 aliphatic carbocycles. The Bertz CT molecular complexity index is 1110. The van der Waals surface area contributed by atoms with Crippen molar-refractivity contribution in [2.24, 2.45) is 0 Å². The molecule has 1 aliphatic heterocycles. The summed E-state index contributed by atoms with van der Waals surface area (Å²) < 4.78 is 20.5. The number of benzene rings is 1. The van der Waals surface area contributed by atoms with E-state index in [2.05, 4.69) is 25.9 Å². The zero-order valence-corrected chi connectivity index (χ0v) is 19.0. The summed E-state index contributed by atoms with van der Waals surface area (Å²) in [5, 5.41) is 9.80. The molecule has 174 valence electrons. The van der Waals surface area contributed by atoms with Gasteiger partial charge in [-0.15, -0.1) is 0 Å². The Balaban J connectivity index is 1.79. The van der Waals surface area contributed by atoms with Crippen molar-refractivity contribution in [2.45, 2.75) is 32.2 Å².